The van der Waals surface area contributed by atoms with Crippen LogP contribution in [0.3, 0.4) is 0 Å². The molecule has 3 N–H and O–H groups in total. The molecule has 0 bridgehead atoms. The molecule has 0 fully saturated rings. The first kappa shape index (κ1) is 14.9. The second-order valence-corrected chi connectivity index (χ2v) is 3.63. The molecular formula is C12H11N3O5. The fourth-order valence-electron chi connectivity index (χ4n) is 1.26. The number of aromatic hydroxyl groups is 1. The van der Waals surface area contributed by atoms with Crippen LogP contribution in [-0.4, -0.2) is 15.0 Å². The number of para-hydroxylation sites is 1. The van der Waals surface area contributed by atoms with Gasteiger partial charge in [-0.25, -0.2) is 0 Å². The van der Waals surface area contributed by atoms with Gasteiger partial charge < -0.3 is 10.8 Å². The Morgan fingerprint density at radius 2 is 1.35 bits per heavy atom. The number of nitro benzene ring substituents is 2. The highest BCUT2D eigenvalue weighted by Crippen LogP contribution is 2.23. The maximum atomic E-state index is 10.3. The van der Waals surface area contributed by atoms with Crippen molar-refractivity contribution in [1.29, 1.82) is 0 Å². The number of benzene rings is 2. The SMILES string of the molecule is Nc1cc([N+](=O)[O-])cc([N+](=O)[O-])c1.Oc1ccccc1. The first-order chi connectivity index (χ1) is 9.40. The molecule has 0 heterocycles. The lowest BCUT2D eigenvalue weighted by Crippen LogP contribution is -1.95. The predicted molar refractivity (Wildman–Crippen MR) is 72.3 cm³/mol. The van der Waals surface area contributed by atoms with Crippen LogP contribution in [0.15, 0.2) is 48.5 Å². The zero-order valence-electron chi connectivity index (χ0n) is 10.2. The Bertz CT molecular complexity index is 583. The van der Waals surface area contributed by atoms with Crippen LogP contribution in [0, 0.1) is 20.2 Å². The lowest BCUT2D eigenvalue weighted by Gasteiger charge is -1.94. The molecule has 2 rings (SSSR count). The van der Waals surface area contributed by atoms with E-state index in [0.29, 0.717) is 5.75 Å². The number of nitrogen functional groups attached to an aromatic ring is 1. The minimum Gasteiger partial charge on any atom is -0.508 e. The molecule has 0 radical (unpaired) electrons. The van der Waals surface area contributed by atoms with Crippen molar-refractivity contribution in [2.45, 2.75) is 0 Å². The molecule has 0 spiro atoms. The number of nitrogens with two attached hydrogens (primary N) is 1. The van der Waals surface area contributed by atoms with E-state index in [4.69, 9.17) is 10.8 Å². The summed E-state index contributed by atoms with van der Waals surface area (Å²) in [5.74, 6) is 0.322. The fraction of sp³-hybridized carbons (Fsp3) is 0. The normalized spacial score (nSPS) is 9.20. The van der Waals surface area contributed by atoms with Crippen molar-refractivity contribution >= 4 is 17.1 Å². The topological polar surface area (TPSA) is 133 Å². The monoisotopic (exact) mass is 277 g/mol. The molecular weight excluding hydrogens is 266 g/mol. The molecule has 104 valence electrons. The van der Waals surface area contributed by atoms with Crippen molar-refractivity contribution in [3.63, 3.8) is 0 Å². The molecule has 0 aromatic heterocycles. The van der Waals surface area contributed by atoms with Crippen molar-refractivity contribution in [2.24, 2.45) is 0 Å². The standard InChI is InChI=1S/C6H5N3O4.C6H6O/c7-4-1-5(8(10)11)3-6(2-4)9(12)13;7-6-4-2-1-3-5-6/h1-3H,7H2;1-5,7H. The van der Waals surface area contributed by atoms with Crippen molar-refractivity contribution < 1.29 is 15.0 Å². The van der Waals surface area contributed by atoms with E-state index in [2.05, 4.69) is 0 Å². The summed E-state index contributed by atoms with van der Waals surface area (Å²) in [4.78, 5) is 19.0. The highest BCUT2D eigenvalue weighted by molar-refractivity contribution is 5.56. The Morgan fingerprint density at radius 1 is 0.900 bits per heavy atom. The van der Waals surface area contributed by atoms with Crippen LogP contribution >= 0.6 is 0 Å². The maximum absolute atomic E-state index is 10.3. The predicted octanol–water partition coefficient (Wildman–Crippen LogP) is 2.48. The Hall–Kier alpha value is -3.16. The number of hydrogen-bond acceptors (Lipinski definition) is 6. The first-order valence-corrected chi connectivity index (χ1v) is 5.33. The van der Waals surface area contributed by atoms with Gasteiger partial charge >= 0.3 is 0 Å². The van der Waals surface area contributed by atoms with Gasteiger partial charge in [-0.15, -0.1) is 0 Å². The van der Waals surface area contributed by atoms with Crippen molar-refractivity contribution in [1.82, 2.24) is 0 Å². The van der Waals surface area contributed by atoms with Gasteiger partial charge in [0.05, 0.1) is 15.9 Å². The Morgan fingerprint density at radius 3 is 1.65 bits per heavy atom. The molecule has 0 unspecified atom stereocenters. The van der Waals surface area contributed by atoms with Crippen molar-refractivity contribution in [2.75, 3.05) is 5.73 Å². The molecule has 0 amide bonds. The number of phenolic OH excluding ortho intramolecular Hbond substituents is 1. The van der Waals surface area contributed by atoms with Crippen molar-refractivity contribution in [3.05, 3.63) is 68.8 Å². The van der Waals surface area contributed by atoms with Gasteiger partial charge in [0.15, 0.2) is 0 Å². The Balaban J connectivity index is 0.000000240. The summed E-state index contributed by atoms with van der Waals surface area (Å²) in [5.41, 5.74) is 4.46. The van der Waals surface area contributed by atoms with Crippen LogP contribution in [0.5, 0.6) is 5.75 Å². The number of anilines is 1. The molecule has 8 nitrogen and oxygen atoms in total. The van der Waals surface area contributed by atoms with E-state index in [1.165, 1.54) is 0 Å². The maximum Gasteiger partial charge on any atom is 0.278 e. The molecule has 0 saturated heterocycles. The number of non-ortho nitro benzene ring substituents is 2. The van der Waals surface area contributed by atoms with Gasteiger partial charge in [0.25, 0.3) is 11.4 Å². The molecule has 2 aromatic carbocycles. The number of nitrogens with zero attached hydrogens (tertiary/aromatic N) is 2. The van der Waals surface area contributed by atoms with Crippen LogP contribution < -0.4 is 5.73 Å². The van der Waals surface area contributed by atoms with Crippen molar-refractivity contribution in [3.8, 4) is 5.75 Å². The molecule has 2 aromatic rings. The lowest BCUT2D eigenvalue weighted by atomic mass is 10.2. The van der Waals surface area contributed by atoms with Gasteiger partial charge in [0, 0.05) is 17.8 Å². The highest BCUT2D eigenvalue weighted by atomic mass is 16.6. The average Bonchev–Trinajstić information content (AvgIpc) is 2.39. The van der Waals surface area contributed by atoms with Crippen LogP contribution in [-0.2, 0) is 0 Å². The van der Waals surface area contributed by atoms with Gasteiger partial charge in [-0.2, -0.15) is 0 Å². The van der Waals surface area contributed by atoms with E-state index >= 15 is 0 Å². The largest absolute Gasteiger partial charge is 0.508 e. The summed E-state index contributed by atoms with van der Waals surface area (Å²) < 4.78 is 0. The summed E-state index contributed by atoms with van der Waals surface area (Å²) in [6.45, 7) is 0. The minimum atomic E-state index is -0.733. The first-order valence-electron chi connectivity index (χ1n) is 5.33. The second kappa shape index (κ2) is 6.69. The quantitative estimate of drug-likeness (QED) is 0.492. The summed E-state index contributed by atoms with van der Waals surface area (Å²) in [7, 11) is 0. The molecule has 20 heavy (non-hydrogen) atoms. The second-order valence-electron chi connectivity index (χ2n) is 3.63. The van der Waals surface area contributed by atoms with Crippen LogP contribution in [0.25, 0.3) is 0 Å². The number of rotatable bonds is 2. The zero-order chi connectivity index (χ0) is 15.1. The van der Waals surface area contributed by atoms with Gasteiger partial charge in [0.1, 0.15) is 5.75 Å². The molecule has 0 saturated carbocycles. The molecule has 0 atom stereocenters. The summed E-state index contributed by atoms with van der Waals surface area (Å²) in [5, 5.41) is 29.1. The summed E-state index contributed by atoms with van der Waals surface area (Å²) in [6.07, 6.45) is 0. The van der Waals surface area contributed by atoms with Gasteiger partial charge in [0.2, 0.25) is 0 Å². The van der Waals surface area contributed by atoms with Crippen LogP contribution in [0.4, 0.5) is 17.1 Å². The Kier molecular flexibility index (Phi) is 4.98. The van der Waals surface area contributed by atoms with Gasteiger partial charge in [-0.1, -0.05) is 18.2 Å². The van der Waals surface area contributed by atoms with Crippen LogP contribution in [0.2, 0.25) is 0 Å². The molecule has 0 aliphatic rings. The third-order valence-electron chi connectivity index (χ3n) is 2.10. The molecule has 0 aliphatic carbocycles. The lowest BCUT2D eigenvalue weighted by molar-refractivity contribution is -0.394. The smallest absolute Gasteiger partial charge is 0.278 e. The van der Waals surface area contributed by atoms with E-state index in [-0.39, 0.29) is 17.1 Å². The van der Waals surface area contributed by atoms with E-state index in [1.54, 1.807) is 24.3 Å². The minimum absolute atomic E-state index is 0.000833. The Labute approximate surface area is 113 Å². The third kappa shape index (κ3) is 4.61. The number of phenols is 1. The van der Waals surface area contributed by atoms with E-state index in [0.717, 1.165) is 18.2 Å². The van der Waals surface area contributed by atoms with E-state index < -0.39 is 9.85 Å². The molecule has 0 aliphatic heterocycles. The third-order valence-corrected chi connectivity index (χ3v) is 2.10. The molecule has 8 heteroatoms. The zero-order valence-corrected chi connectivity index (χ0v) is 10.2. The van der Waals surface area contributed by atoms with Crippen LogP contribution in [0.1, 0.15) is 0 Å². The van der Waals surface area contributed by atoms with E-state index in [1.807, 2.05) is 6.07 Å². The number of hydrogen-bond donors (Lipinski definition) is 2. The summed E-state index contributed by atoms with van der Waals surface area (Å²) in [6, 6.07) is 11.7. The average molecular weight is 277 g/mol. The van der Waals surface area contributed by atoms with E-state index in [9.17, 15) is 20.2 Å². The fourth-order valence-corrected chi connectivity index (χ4v) is 1.26. The number of nitro groups is 2. The van der Waals surface area contributed by atoms with Gasteiger partial charge in [-0.3, -0.25) is 20.2 Å². The summed E-state index contributed by atoms with van der Waals surface area (Å²) >= 11 is 0. The highest BCUT2D eigenvalue weighted by Gasteiger charge is 2.14. The van der Waals surface area contributed by atoms with Gasteiger partial charge in [-0.05, 0) is 12.1 Å².